The summed E-state index contributed by atoms with van der Waals surface area (Å²) in [7, 11) is 0. The number of aromatic nitrogens is 2. The predicted molar refractivity (Wildman–Crippen MR) is 143 cm³/mol. The maximum Gasteiger partial charge on any atom is 0.258 e. The number of anilines is 3. The van der Waals surface area contributed by atoms with Crippen molar-refractivity contribution in [2.45, 2.75) is 39.2 Å². The van der Waals surface area contributed by atoms with E-state index >= 15 is 0 Å². The van der Waals surface area contributed by atoms with Crippen LogP contribution < -0.4 is 20.7 Å². The minimum atomic E-state index is -0.277. The minimum absolute atomic E-state index is 0.000720. The highest BCUT2D eigenvalue weighted by atomic mass is 32.1. The molecule has 0 unspecified atom stereocenters. The number of amides is 2. The lowest BCUT2D eigenvalue weighted by atomic mass is 10.0. The maximum atomic E-state index is 12.3. The summed E-state index contributed by atoms with van der Waals surface area (Å²) in [5.74, 6) is 1.64. The van der Waals surface area contributed by atoms with Gasteiger partial charge in [-0.3, -0.25) is 9.59 Å². The molecule has 0 saturated carbocycles. The van der Waals surface area contributed by atoms with E-state index in [0.717, 1.165) is 39.1 Å². The van der Waals surface area contributed by atoms with E-state index in [-0.39, 0.29) is 24.0 Å². The summed E-state index contributed by atoms with van der Waals surface area (Å²) in [5.41, 5.74) is 3.99. The number of hydrogen-bond donors (Lipinski definition) is 3. The normalized spacial score (nSPS) is 12.8. The monoisotopic (exact) mass is 501 g/mol. The van der Waals surface area contributed by atoms with E-state index in [0.29, 0.717) is 23.8 Å². The second-order valence-corrected chi connectivity index (χ2v) is 10.3. The van der Waals surface area contributed by atoms with Crippen LogP contribution in [0.5, 0.6) is 5.75 Å². The Morgan fingerprint density at radius 3 is 2.86 bits per heavy atom. The number of hydrogen-bond acceptors (Lipinski definition) is 7. The molecule has 0 aliphatic carbocycles. The molecule has 1 aliphatic rings. The number of fused-ring (bicyclic) bond motifs is 2. The fourth-order valence-electron chi connectivity index (χ4n) is 3.90. The van der Waals surface area contributed by atoms with Gasteiger partial charge in [-0.05, 0) is 67.6 Å². The van der Waals surface area contributed by atoms with E-state index < -0.39 is 0 Å². The molecule has 4 aromatic rings. The van der Waals surface area contributed by atoms with Crippen molar-refractivity contribution >= 4 is 50.6 Å². The first-order valence-electron chi connectivity index (χ1n) is 11.8. The summed E-state index contributed by atoms with van der Waals surface area (Å²) >= 11 is 1.56. The molecule has 2 aromatic heterocycles. The van der Waals surface area contributed by atoms with Crippen LogP contribution in [0, 0.1) is 0 Å². The van der Waals surface area contributed by atoms with Gasteiger partial charge in [-0.15, -0.1) is 11.3 Å². The lowest BCUT2D eigenvalue weighted by Crippen LogP contribution is -2.44. The highest BCUT2D eigenvalue weighted by molar-refractivity contribution is 7.17. The predicted octanol–water partition coefficient (Wildman–Crippen LogP) is 5.28. The Kier molecular flexibility index (Phi) is 6.32. The lowest BCUT2D eigenvalue weighted by molar-refractivity contribution is -0.124. The molecular formula is C27H27N5O3S. The number of nitrogens with one attached hydrogen (secondary N) is 3. The van der Waals surface area contributed by atoms with Crippen LogP contribution in [0.1, 0.15) is 32.8 Å². The zero-order valence-corrected chi connectivity index (χ0v) is 21.2. The molecule has 0 fully saturated rings. The van der Waals surface area contributed by atoms with Gasteiger partial charge in [-0.2, -0.15) is 0 Å². The van der Waals surface area contributed by atoms with Gasteiger partial charge < -0.3 is 20.7 Å². The van der Waals surface area contributed by atoms with Crippen molar-refractivity contribution in [3.63, 3.8) is 0 Å². The molecule has 0 atom stereocenters. The minimum Gasteiger partial charge on any atom is -0.484 e. The molecule has 184 valence electrons. The average Bonchev–Trinajstić information content (AvgIpc) is 3.48. The van der Waals surface area contributed by atoms with Crippen molar-refractivity contribution in [1.29, 1.82) is 0 Å². The van der Waals surface area contributed by atoms with Crippen LogP contribution in [0.3, 0.4) is 0 Å². The lowest BCUT2D eigenvalue weighted by Gasteiger charge is -2.24. The van der Waals surface area contributed by atoms with Crippen molar-refractivity contribution < 1.29 is 14.3 Å². The Labute approximate surface area is 213 Å². The van der Waals surface area contributed by atoms with Crippen molar-refractivity contribution in [3.8, 4) is 17.1 Å². The Morgan fingerprint density at radius 1 is 1.17 bits per heavy atom. The second-order valence-electron chi connectivity index (χ2n) is 9.35. The molecule has 9 heteroatoms. The van der Waals surface area contributed by atoms with Crippen molar-refractivity contribution in [2.75, 3.05) is 17.2 Å². The fourth-order valence-corrected chi connectivity index (χ4v) is 4.67. The van der Waals surface area contributed by atoms with Crippen LogP contribution in [-0.2, 0) is 16.0 Å². The van der Waals surface area contributed by atoms with Gasteiger partial charge in [0.15, 0.2) is 18.2 Å². The van der Waals surface area contributed by atoms with Gasteiger partial charge in [0.1, 0.15) is 5.75 Å². The third-order valence-electron chi connectivity index (χ3n) is 6.12. The Hall–Kier alpha value is -3.98. The maximum absolute atomic E-state index is 12.3. The van der Waals surface area contributed by atoms with E-state index in [1.807, 2.05) is 74.7 Å². The van der Waals surface area contributed by atoms with Crippen LogP contribution in [0.4, 0.5) is 17.2 Å². The van der Waals surface area contributed by atoms with Gasteiger partial charge in [0.2, 0.25) is 5.91 Å². The van der Waals surface area contributed by atoms with Gasteiger partial charge in [-0.1, -0.05) is 19.1 Å². The van der Waals surface area contributed by atoms with Crippen LogP contribution in [0.15, 0.2) is 53.9 Å². The molecule has 3 heterocycles. The third kappa shape index (κ3) is 5.16. The first kappa shape index (κ1) is 23.7. The number of thiophene rings is 1. The van der Waals surface area contributed by atoms with Gasteiger partial charge in [0, 0.05) is 22.5 Å². The highest BCUT2D eigenvalue weighted by Crippen LogP contribution is 2.33. The number of ether oxygens (including phenoxy) is 1. The van der Waals surface area contributed by atoms with Gasteiger partial charge in [-0.25, -0.2) is 9.97 Å². The zero-order valence-electron chi connectivity index (χ0n) is 20.3. The summed E-state index contributed by atoms with van der Waals surface area (Å²) in [5, 5.41) is 11.2. The summed E-state index contributed by atoms with van der Waals surface area (Å²) < 4.78 is 6.70. The number of carbonyl (C=O) groups is 2. The number of benzene rings is 2. The van der Waals surface area contributed by atoms with Crippen molar-refractivity contribution in [1.82, 2.24) is 15.3 Å². The van der Waals surface area contributed by atoms with Gasteiger partial charge in [0.05, 0.1) is 16.6 Å². The van der Waals surface area contributed by atoms with E-state index in [1.54, 1.807) is 11.3 Å². The van der Waals surface area contributed by atoms with Crippen LogP contribution >= 0.6 is 11.3 Å². The Morgan fingerprint density at radius 2 is 2.03 bits per heavy atom. The topological polar surface area (TPSA) is 105 Å². The smallest absolute Gasteiger partial charge is 0.258 e. The molecule has 3 N–H and O–H groups in total. The first-order chi connectivity index (χ1) is 17.3. The van der Waals surface area contributed by atoms with E-state index in [1.165, 1.54) is 0 Å². The second kappa shape index (κ2) is 9.58. The summed E-state index contributed by atoms with van der Waals surface area (Å²) in [6, 6.07) is 15.2. The number of rotatable bonds is 8. The molecule has 36 heavy (non-hydrogen) atoms. The molecule has 0 bridgehead atoms. The van der Waals surface area contributed by atoms with Crippen LogP contribution in [0.25, 0.3) is 21.6 Å². The molecule has 0 radical (unpaired) electrons. The fraction of sp³-hybridized carbons (Fsp3) is 0.259. The molecule has 5 rings (SSSR count). The van der Waals surface area contributed by atoms with Gasteiger partial charge >= 0.3 is 0 Å². The van der Waals surface area contributed by atoms with Crippen LogP contribution in [-0.4, -0.2) is 33.9 Å². The highest BCUT2D eigenvalue weighted by Gasteiger charge is 2.19. The van der Waals surface area contributed by atoms with Crippen molar-refractivity contribution in [2.24, 2.45) is 0 Å². The molecule has 2 aromatic carbocycles. The zero-order chi connectivity index (χ0) is 25.3. The molecule has 0 saturated heterocycles. The molecular weight excluding hydrogens is 474 g/mol. The SMILES string of the molecule is CCC(C)(C)NC(=O)COc1cccc(-c2nc(Nc3ccc4c(c3)CC(=O)N4)c3sccc3n2)c1. The largest absolute Gasteiger partial charge is 0.484 e. The summed E-state index contributed by atoms with van der Waals surface area (Å²) in [6.45, 7) is 5.92. The van der Waals surface area contributed by atoms with E-state index in [4.69, 9.17) is 14.7 Å². The number of nitrogens with zero attached hydrogens (tertiary/aromatic N) is 2. The summed E-state index contributed by atoms with van der Waals surface area (Å²) in [6.07, 6.45) is 1.20. The Bertz CT molecular complexity index is 1460. The number of carbonyl (C=O) groups excluding carboxylic acids is 2. The molecule has 0 spiro atoms. The van der Waals surface area contributed by atoms with Crippen LogP contribution in [0.2, 0.25) is 0 Å². The quantitative estimate of drug-likeness (QED) is 0.303. The Balaban J connectivity index is 1.38. The first-order valence-corrected chi connectivity index (χ1v) is 12.7. The molecule has 2 amide bonds. The standard InChI is InChI=1S/C27H27N5O3S/c1-4-27(2,3)32-23(34)15-35-19-7-5-6-16(13-19)25-30-21-10-11-36-24(21)26(31-25)28-18-8-9-20-17(12-18)14-22(33)29-20/h5-13H,4,14-15H2,1-3H3,(H,29,33)(H,32,34)(H,28,30,31). The third-order valence-corrected chi connectivity index (χ3v) is 7.03. The molecule has 8 nitrogen and oxygen atoms in total. The van der Waals surface area contributed by atoms with E-state index in [2.05, 4.69) is 16.0 Å². The van der Waals surface area contributed by atoms with Gasteiger partial charge in [0.25, 0.3) is 5.91 Å². The average molecular weight is 502 g/mol. The van der Waals surface area contributed by atoms with E-state index in [9.17, 15) is 9.59 Å². The van der Waals surface area contributed by atoms with Crippen molar-refractivity contribution in [3.05, 3.63) is 59.5 Å². The summed E-state index contributed by atoms with van der Waals surface area (Å²) in [4.78, 5) is 33.5. The molecule has 1 aliphatic heterocycles.